The van der Waals surface area contributed by atoms with Gasteiger partial charge in [0, 0.05) is 27.7 Å². The molecule has 180 valence electrons. The van der Waals surface area contributed by atoms with Crippen LogP contribution in [0.25, 0.3) is 10.9 Å². The summed E-state index contributed by atoms with van der Waals surface area (Å²) < 4.78 is 5.55. The van der Waals surface area contributed by atoms with Crippen molar-refractivity contribution in [1.29, 1.82) is 0 Å². The topological polar surface area (TPSA) is 88.3 Å². The highest BCUT2D eigenvalue weighted by molar-refractivity contribution is 6.11. The van der Waals surface area contributed by atoms with Gasteiger partial charge < -0.3 is 15.0 Å². The van der Waals surface area contributed by atoms with Gasteiger partial charge in [0.05, 0.1) is 0 Å². The Labute approximate surface area is 201 Å². The number of H-pyrrole nitrogens is 1. The Kier molecular flexibility index (Phi) is 7.29. The summed E-state index contributed by atoms with van der Waals surface area (Å²) in [6.07, 6.45) is -0.991. The van der Waals surface area contributed by atoms with E-state index in [1.165, 1.54) is 0 Å². The number of benzene rings is 2. The number of esters is 1. The minimum Gasteiger partial charge on any atom is -0.453 e. The maximum absolute atomic E-state index is 13.1. The van der Waals surface area contributed by atoms with Gasteiger partial charge in [-0.1, -0.05) is 65.0 Å². The van der Waals surface area contributed by atoms with Crippen molar-refractivity contribution < 1.29 is 19.1 Å². The van der Waals surface area contributed by atoms with Gasteiger partial charge in [-0.2, -0.15) is 0 Å². The number of aromatic amines is 1. The first-order valence-electron chi connectivity index (χ1n) is 11.6. The summed E-state index contributed by atoms with van der Waals surface area (Å²) in [5, 5.41) is 3.57. The molecule has 0 unspecified atom stereocenters. The van der Waals surface area contributed by atoms with Gasteiger partial charge in [-0.25, -0.2) is 4.79 Å². The normalized spacial score (nSPS) is 13.5. The number of aryl methyl sites for hydroxylation is 1. The number of ether oxygens (including phenoxy) is 1. The average molecular weight is 463 g/mol. The van der Waals surface area contributed by atoms with Gasteiger partial charge >= 0.3 is 5.97 Å². The summed E-state index contributed by atoms with van der Waals surface area (Å²) in [5.74, 6) is -1.49. The van der Waals surface area contributed by atoms with Crippen LogP contribution in [0.3, 0.4) is 0 Å². The number of amides is 1. The molecular formula is C28H34N2O4. The van der Waals surface area contributed by atoms with Crippen LogP contribution in [0.1, 0.15) is 73.5 Å². The molecule has 1 amide bonds. The van der Waals surface area contributed by atoms with Crippen LogP contribution in [0, 0.1) is 12.8 Å². The van der Waals surface area contributed by atoms with Crippen LogP contribution in [0.4, 0.5) is 0 Å². The lowest BCUT2D eigenvalue weighted by molar-refractivity contribution is -0.149. The average Bonchev–Trinajstić information content (AvgIpc) is 3.11. The number of rotatable bonds is 7. The van der Waals surface area contributed by atoms with Gasteiger partial charge in [0.25, 0.3) is 5.91 Å². The van der Waals surface area contributed by atoms with Crippen molar-refractivity contribution in [2.75, 3.05) is 0 Å². The number of carbonyl (C=O) groups is 3. The number of nitrogens with one attached hydrogen (secondary N) is 2. The van der Waals surface area contributed by atoms with Crippen molar-refractivity contribution in [3.8, 4) is 0 Å². The number of hydrogen-bond donors (Lipinski definition) is 2. The summed E-state index contributed by atoms with van der Waals surface area (Å²) in [5.41, 5.74) is 3.65. The van der Waals surface area contributed by atoms with Crippen LogP contribution in [0.5, 0.6) is 0 Å². The highest BCUT2D eigenvalue weighted by atomic mass is 16.5. The minimum atomic E-state index is -0.991. The largest absolute Gasteiger partial charge is 0.453 e. The van der Waals surface area contributed by atoms with Crippen molar-refractivity contribution in [2.24, 2.45) is 5.92 Å². The number of aromatic nitrogens is 1. The maximum Gasteiger partial charge on any atom is 0.329 e. The Morgan fingerprint density at radius 1 is 0.941 bits per heavy atom. The van der Waals surface area contributed by atoms with Gasteiger partial charge in [-0.15, -0.1) is 0 Å². The molecule has 0 saturated heterocycles. The summed E-state index contributed by atoms with van der Waals surface area (Å²) in [7, 11) is 0. The lowest BCUT2D eigenvalue weighted by Crippen LogP contribution is -2.46. The van der Waals surface area contributed by atoms with Crippen molar-refractivity contribution in [3.63, 3.8) is 0 Å². The highest BCUT2D eigenvalue weighted by Crippen LogP contribution is 2.25. The number of fused-ring (bicyclic) bond motifs is 1. The third-order valence-electron chi connectivity index (χ3n) is 6.02. The first-order chi connectivity index (χ1) is 15.9. The Bertz CT molecular complexity index is 1200. The molecule has 0 saturated carbocycles. The van der Waals surface area contributed by atoms with Crippen LogP contribution in [0.2, 0.25) is 0 Å². The van der Waals surface area contributed by atoms with Gasteiger partial charge in [-0.3, -0.25) is 9.59 Å². The summed E-state index contributed by atoms with van der Waals surface area (Å²) in [4.78, 5) is 42.1. The zero-order valence-electron chi connectivity index (χ0n) is 21.0. The molecule has 0 spiro atoms. The van der Waals surface area contributed by atoms with Gasteiger partial charge in [0.1, 0.15) is 6.04 Å². The molecule has 0 aliphatic carbocycles. The third kappa shape index (κ3) is 5.38. The first kappa shape index (κ1) is 25.2. The fraction of sp³-hybridized carbons (Fsp3) is 0.393. The second-order valence-corrected chi connectivity index (χ2v) is 10.1. The number of para-hydroxylation sites is 1. The first-order valence-corrected chi connectivity index (χ1v) is 11.6. The van der Waals surface area contributed by atoms with E-state index in [1.807, 2.05) is 57.2 Å². The number of ketones is 1. The predicted molar refractivity (Wildman–Crippen MR) is 134 cm³/mol. The van der Waals surface area contributed by atoms with Crippen LogP contribution in [-0.4, -0.2) is 34.8 Å². The van der Waals surface area contributed by atoms with Crippen molar-refractivity contribution >= 4 is 28.6 Å². The molecule has 6 nitrogen and oxygen atoms in total. The molecule has 1 aromatic heterocycles. The lowest BCUT2D eigenvalue weighted by Gasteiger charge is -2.23. The van der Waals surface area contributed by atoms with E-state index in [1.54, 1.807) is 19.1 Å². The predicted octanol–water partition coefficient (Wildman–Crippen LogP) is 5.34. The molecule has 0 fully saturated rings. The van der Waals surface area contributed by atoms with E-state index in [4.69, 9.17) is 4.74 Å². The summed E-state index contributed by atoms with van der Waals surface area (Å²) >= 11 is 0. The molecule has 34 heavy (non-hydrogen) atoms. The molecule has 2 aromatic carbocycles. The maximum atomic E-state index is 13.1. The van der Waals surface area contributed by atoms with Crippen LogP contribution < -0.4 is 5.32 Å². The van der Waals surface area contributed by atoms with Gasteiger partial charge in [0.15, 0.2) is 6.10 Å². The molecule has 0 aliphatic rings. The molecule has 0 aliphatic heterocycles. The second kappa shape index (κ2) is 9.84. The minimum absolute atomic E-state index is 0.0227. The van der Waals surface area contributed by atoms with E-state index in [9.17, 15) is 14.4 Å². The molecule has 3 rings (SSSR count). The number of Topliss-reactive ketones (excluding diaryl/α,β-unsaturated/α-hetero) is 1. The third-order valence-corrected chi connectivity index (χ3v) is 6.02. The molecule has 2 atom stereocenters. The van der Waals surface area contributed by atoms with Crippen LogP contribution in [-0.2, 0) is 14.9 Å². The molecule has 1 heterocycles. The van der Waals surface area contributed by atoms with E-state index in [2.05, 4.69) is 31.1 Å². The van der Waals surface area contributed by atoms with E-state index in [-0.39, 0.29) is 23.0 Å². The SMILES string of the molecule is Cc1[nH]c2ccccc2c1C(=O)[C@H](C)OC(=O)[C@H](NC(=O)c1ccc(C(C)(C)C)cc1)C(C)C. The summed E-state index contributed by atoms with van der Waals surface area (Å²) in [6.45, 7) is 13.3. The smallest absolute Gasteiger partial charge is 0.329 e. The molecule has 0 bridgehead atoms. The van der Waals surface area contributed by atoms with Crippen molar-refractivity contribution in [3.05, 3.63) is 70.9 Å². The van der Waals surface area contributed by atoms with E-state index in [0.29, 0.717) is 11.1 Å². The van der Waals surface area contributed by atoms with Crippen LogP contribution in [0.15, 0.2) is 48.5 Å². The van der Waals surface area contributed by atoms with Gasteiger partial charge in [-0.05, 0) is 48.9 Å². The zero-order valence-corrected chi connectivity index (χ0v) is 21.0. The van der Waals surface area contributed by atoms with Crippen LogP contribution >= 0.6 is 0 Å². The molecule has 0 radical (unpaired) electrons. The quantitative estimate of drug-likeness (QED) is 0.366. The Morgan fingerprint density at radius 3 is 2.15 bits per heavy atom. The Hall–Kier alpha value is -3.41. The Morgan fingerprint density at radius 2 is 1.56 bits per heavy atom. The number of hydrogen-bond acceptors (Lipinski definition) is 4. The van der Waals surface area contributed by atoms with Gasteiger partial charge in [0.2, 0.25) is 5.78 Å². The zero-order chi connectivity index (χ0) is 25.2. The lowest BCUT2D eigenvalue weighted by atomic mass is 9.86. The highest BCUT2D eigenvalue weighted by Gasteiger charge is 2.31. The summed E-state index contributed by atoms with van der Waals surface area (Å²) in [6, 6.07) is 14.0. The fourth-order valence-corrected chi connectivity index (χ4v) is 3.94. The van der Waals surface area contributed by atoms with Crippen molar-refractivity contribution in [2.45, 2.75) is 66.0 Å². The number of carbonyl (C=O) groups excluding carboxylic acids is 3. The van der Waals surface area contributed by atoms with E-state index < -0.39 is 18.1 Å². The molecular weight excluding hydrogens is 428 g/mol. The monoisotopic (exact) mass is 462 g/mol. The fourth-order valence-electron chi connectivity index (χ4n) is 3.94. The molecule has 6 heteroatoms. The van der Waals surface area contributed by atoms with E-state index in [0.717, 1.165) is 22.2 Å². The molecule has 2 N–H and O–H groups in total. The van der Waals surface area contributed by atoms with Crippen molar-refractivity contribution in [1.82, 2.24) is 10.3 Å². The Balaban J connectivity index is 1.72. The standard InChI is InChI=1S/C28H34N2O4/c1-16(2)24(30-26(32)19-12-14-20(15-13-19)28(5,6)7)27(33)34-18(4)25(31)23-17(3)29-22-11-9-8-10-21(22)23/h8-16,18,24,29H,1-7H3,(H,30,32)/t18-,24+/m0/s1. The second-order valence-electron chi connectivity index (χ2n) is 10.1. The van der Waals surface area contributed by atoms with E-state index >= 15 is 0 Å². The molecule has 3 aromatic rings.